The first-order chi connectivity index (χ1) is 13.1. The summed E-state index contributed by atoms with van der Waals surface area (Å²) in [7, 11) is 0. The standard InChI is InChI=1S/C20H16FN3O2S/c1-12-22-18(11-27-12)13-5-7-16(8-6-13)23-20(25)19-10-17(24-26-19)14-3-2-4-15(21)9-14/h2-9,11,19H,10H2,1H3,(H,23,25). The van der Waals surface area contributed by atoms with E-state index < -0.39 is 6.10 Å². The summed E-state index contributed by atoms with van der Waals surface area (Å²) in [6.45, 7) is 1.96. The number of carbonyl (C=O) groups excluding carboxylic acids is 1. The van der Waals surface area contributed by atoms with Crippen LogP contribution >= 0.6 is 11.3 Å². The molecule has 0 radical (unpaired) electrons. The predicted octanol–water partition coefficient (Wildman–Crippen LogP) is 4.39. The number of hydrogen-bond acceptors (Lipinski definition) is 5. The largest absolute Gasteiger partial charge is 0.382 e. The fourth-order valence-corrected chi connectivity index (χ4v) is 3.42. The van der Waals surface area contributed by atoms with Gasteiger partial charge in [-0.1, -0.05) is 29.4 Å². The number of aryl methyl sites for hydroxylation is 1. The SMILES string of the molecule is Cc1nc(-c2ccc(NC(=O)C3CC(c4cccc(F)c4)=NO3)cc2)cs1. The summed E-state index contributed by atoms with van der Waals surface area (Å²) in [5.74, 6) is -0.638. The van der Waals surface area contributed by atoms with E-state index in [1.54, 1.807) is 23.5 Å². The Balaban J connectivity index is 1.38. The van der Waals surface area contributed by atoms with Crippen LogP contribution in [0.2, 0.25) is 0 Å². The van der Waals surface area contributed by atoms with Gasteiger partial charge in [-0.2, -0.15) is 0 Å². The van der Waals surface area contributed by atoms with E-state index in [-0.39, 0.29) is 11.7 Å². The van der Waals surface area contributed by atoms with Crippen molar-refractivity contribution in [3.8, 4) is 11.3 Å². The number of oxime groups is 1. The lowest BCUT2D eigenvalue weighted by molar-refractivity contribution is -0.125. The summed E-state index contributed by atoms with van der Waals surface area (Å²) in [6.07, 6.45) is -0.435. The molecule has 5 nitrogen and oxygen atoms in total. The second-order valence-corrected chi connectivity index (χ2v) is 7.23. The molecule has 0 saturated heterocycles. The van der Waals surface area contributed by atoms with Crippen LogP contribution in [0, 0.1) is 12.7 Å². The molecule has 1 amide bonds. The van der Waals surface area contributed by atoms with E-state index in [1.807, 2.05) is 36.6 Å². The smallest absolute Gasteiger partial charge is 0.268 e. The van der Waals surface area contributed by atoms with Crippen LogP contribution < -0.4 is 5.32 Å². The molecule has 1 aliphatic heterocycles. The summed E-state index contributed by atoms with van der Waals surface area (Å²) in [5.41, 5.74) is 3.75. The molecule has 3 aromatic rings. The van der Waals surface area contributed by atoms with Crippen molar-refractivity contribution in [1.82, 2.24) is 4.98 Å². The fraction of sp³-hybridized carbons (Fsp3) is 0.150. The third-order valence-corrected chi connectivity index (χ3v) is 4.96. The molecule has 1 N–H and O–H groups in total. The Hall–Kier alpha value is -3.06. The van der Waals surface area contributed by atoms with E-state index in [0.29, 0.717) is 23.4 Å². The minimum absolute atomic E-state index is 0.289. The van der Waals surface area contributed by atoms with Gasteiger partial charge in [0.2, 0.25) is 6.10 Å². The highest BCUT2D eigenvalue weighted by Crippen LogP contribution is 2.24. The van der Waals surface area contributed by atoms with E-state index in [1.165, 1.54) is 12.1 Å². The van der Waals surface area contributed by atoms with E-state index >= 15 is 0 Å². The average molecular weight is 381 g/mol. The number of hydrogen-bond donors (Lipinski definition) is 1. The number of benzene rings is 2. The zero-order chi connectivity index (χ0) is 18.8. The van der Waals surface area contributed by atoms with Crippen LogP contribution in [0.4, 0.5) is 10.1 Å². The monoisotopic (exact) mass is 381 g/mol. The molecular formula is C20H16FN3O2S. The third-order valence-electron chi connectivity index (χ3n) is 4.19. The fourth-order valence-electron chi connectivity index (χ4n) is 2.80. The van der Waals surface area contributed by atoms with Crippen LogP contribution in [-0.4, -0.2) is 22.7 Å². The molecule has 2 heterocycles. The molecule has 4 rings (SSSR count). The predicted molar refractivity (Wildman–Crippen MR) is 103 cm³/mol. The molecule has 0 fully saturated rings. The van der Waals surface area contributed by atoms with Crippen molar-refractivity contribution in [1.29, 1.82) is 0 Å². The molecule has 27 heavy (non-hydrogen) atoms. The Morgan fingerprint density at radius 3 is 2.74 bits per heavy atom. The van der Waals surface area contributed by atoms with Gasteiger partial charge in [0.15, 0.2) is 0 Å². The number of anilines is 1. The third kappa shape index (κ3) is 3.88. The van der Waals surface area contributed by atoms with Crippen molar-refractivity contribution in [3.05, 3.63) is 70.3 Å². The highest BCUT2D eigenvalue weighted by molar-refractivity contribution is 7.09. The molecule has 1 aliphatic rings. The van der Waals surface area contributed by atoms with E-state index in [9.17, 15) is 9.18 Å². The normalized spacial score (nSPS) is 15.9. The highest BCUT2D eigenvalue weighted by Gasteiger charge is 2.29. The van der Waals surface area contributed by atoms with Crippen molar-refractivity contribution < 1.29 is 14.0 Å². The van der Waals surface area contributed by atoms with Gasteiger partial charge in [0.1, 0.15) is 5.82 Å². The van der Waals surface area contributed by atoms with Crippen LogP contribution in [0.3, 0.4) is 0 Å². The van der Waals surface area contributed by atoms with Gasteiger partial charge in [-0.05, 0) is 31.2 Å². The lowest BCUT2D eigenvalue weighted by Crippen LogP contribution is -2.28. The number of halogens is 1. The van der Waals surface area contributed by atoms with E-state index in [4.69, 9.17) is 4.84 Å². The number of amides is 1. The molecule has 0 bridgehead atoms. The van der Waals surface area contributed by atoms with Crippen molar-refractivity contribution in [2.45, 2.75) is 19.4 Å². The lowest BCUT2D eigenvalue weighted by atomic mass is 10.0. The molecule has 7 heteroatoms. The second kappa shape index (κ2) is 7.28. The Morgan fingerprint density at radius 2 is 2.04 bits per heavy atom. The summed E-state index contributed by atoms with van der Waals surface area (Å²) < 4.78 is 13.3. The zero-order valence-electron chi connectivity index (χ0n) is 14.5. The first-order valence-electron chi connectivity index (χ1n) is 8.40. The molecule has 1 aromatic heterocycles. The molecule has 1 atom stereocenters. The van der Waals surface area contributed by atoms with Crippen molar-refractivity contribution in [2.75, 3.05) is 5.32 Å². The maximum Gasteiger partial charge on any atom is 0.268 e. The Kier molecular flexibility index (Phi) is 4.68. The minimum Gasteiger partial charge on any atom is -0.382 e. The lowest BCUT2D eigenvalue weighted by Gasteiger charge is -2.10. The Labute approximate surface area is 159 Å². The van der Waals surface area contributed by atoms with E-state index in [0.717, 1.165) is 16.3 Å². The summed E-state index contributed by atoms with van der Waals surface area (Å²) in [4.78, 5) is 22.1. The van der Waals surface area contributed by atoms with Gasteiger partial charge in [0, 0.05) is 28.6 Å². The summed E-state index contributed by atoms with van der Waals surface area (Å²) >= 11 is 1.60. The maximum atomic E-state index is 13.3. The van der Waals surface area contributed by atoms with Crippen LogP contribution in [0.15, 0.2) is 59.1 Å². The molecule has 1 unspecified atom stereocenters. The van der Waals surface area contributed by atoms with Crippen LogP contribution in [-0.2, 0) is 9.63 Å². The quantitative estimate of drug-likeness (QED) is 0.729. The van der Waals surface area contributed by atoms with Gasteiger partial charge in [-0.3, -0.25) is 4.79 Å². The minimum atomic E-state index is -0.732. The molecule has 136 valence electrons. The number of thiazole rings is 1. The van der Waals surface area contributed by atoms with Crippen molar-refractivity contribution in [2.24, 2.45) is 5.16 Å². The summed E-state index contributed by atoms with van der Waals surface area (Å²) in [5, 5.41) is 9.76. The Morgan fingerprint density at radius 1 is 1.22 bits per heavy atom. The molecule has 2 aromatic carbocycles. The Bertz CT molecular complexity index is 1010. The van der Waals surface area contributed by atoms with Crippen molar-refractivity contribution in [3.63, 3.8) is 0 Å². The number of carbonyl (C=O) groups is 1. The molecule has 0 aliphatic carbocycles. The molecule has 0 saturated carbocycles. The number of nitrogens with zero attached hydrogens (tertiary/aromatic N) is 2. The summed E-state index contributed by atoms with van der Waals surface area (Å²) in [6, 6.07) is 13.6. The first kappa shape index (κ1) is 17.4. The maximum absolute atomic E-state index is 13.3. The van der Waals surface area contributed by atoms with E-state index in [2.05, 4.69) is 15.5 Å². The number of nitrogens with one attached hydrogen (secondary N) is 1. The van der Waals surface area contributed by atoms with Gasteiger partial charge < -0.3 is 10.2 Å². The van der Waals surface area contributed by atoms with Crippen molar-refractivity contribution >= 4 is 28.6 Å². The van der Waals surface area contributed by atoms with Gasteiger partial charge in [0.25, 0.3) is 5.91 Å². The zero-order valence-corrected chi connectivity index (χ0v) is 15.3. The number of rotatable bonds is 4. The topological polar surface area (TPSA) is 63.6 Å². The van der Waals surface area contributed by atoms with Crippen LogP contribution in [0.25, 0.3) is 11.3 Å². The molecular weight excluding hydrogens is 365 g/mol. The molecule has 0 spiro atoms. The van der Waals surface area contributed by atoms with Crippen LogP contribution in [0.5, 0.6) is 0 Å². The van der Waals surface area contributed by atoms with Gasteiger partial charge in [0.05, 0.1) is 16.4 Å². The highest BCUT2D eigenvalue weighted by atomic mass is 32.1. The first-order valence-corrected chi connectivity index (χ1v) is 9.28. The van der Waals surface area contributed by atoms with Crippen LogP contribution in [0.1, 0.15) is 17.0 Å². The second-order valence-electron chi connectivity index (χ2n) is 6.16. The number of aromatic nitrogens is 1. The van der Waals surface area contributed by atoms with Gasteiger partial charge in [-0.25, -0.2) is 9.37 Å². The average Bonchev–Trinajstić information content (AvgIpc) is 3.32. The van der Waals surface area contributed by atoms with Gasteiger partial charge >= 0.3 is 0 Å². The van der Waals surface area contributed by atoms with Gasteiger partial charge in [-0.15, -0.1) is 11.3 Å².